The lowest BCUT2D eigenvalue weighted by molar-refractivity contribution is -0.117. The Kier molecular flexibility index (Phi) is 4.50. The van der Waals surface area contributed by atoms with Gasteiger partial charge < -0.3 is 11.1 Å². The van der Waals surface area contributed by atoms with Gasteiger partial charge in [-0.15, -0.1) is 0 Å². The Hall–Kier alpha value is -2.91. The molecule has 23 heavy (non-hydrogen) atoms. The molecule has 0 aromatic heterocycles. The first-order chi connectivity index (χ1) is 11.3. The van der Waals surface area contributed by atoms with E-state index in [0.717, 1.165) is 22.4 Å². The summed E-state index contributed by atoms with van der Waals surface area (Å²) in [6, 6.07) is 26.3. The van der Waals surface area contributed by atoms with Gasteiger partial charge in [0, 0.05) is 11.3 Å². The molecule has 0 saturated carbocycles. The number of anilines is 1. The van der Waals surface area contributed by atoms with Gasteiger partial charge in [-0.05, 0) is 17.2 Å². The second-order valence-corrected chi connectivity index (χ2v) is 5.29. The van der Waals surface area contributed by atoms with Gasteiger partial charge in [-0.3, -0.25) is 4.79 Å². The minimum Gasteiger partial charge on any atom is -0.324 e. The van der Waals surface area contributed by atoms with Crippen LogP contribution in [-0.4, -0.2) is 5.91 Å². The standard InChI is InChI=1S/C20H18N2O/c21-19(16-11-5-2-6-12-16)20(23)22-18-14-8-7-13-17(18)15-9-3-1-4-10-15/h1-14,19H,21H2,(H,22,23). The highest BCUT2D eigenvalue weighted by molar-refractivity contribution is 5.98. The van der Waals surface area contributed by atoms with Crippen molar-refractivity contribution in [3.63, 3.8) is 0 Å². The molecule has 1 amide bonds. The van der Waals surface area contributed by atoms with Crippen LogP contribution >= 0.6 is 0 Å². The largest absolute Gasteiger partial charge is 0.324 e. The molecule has 0 aliphatic rings. The number of hydrogen-bond acceptors (Lipinski definition) is 2. The van der Waals surface area contributed by atoms with Crippen molar-refractivity contribution >= 4 is 11.6 Å². The van der Waals surface area contributed by atoms with Crippen molar-refractivity contribution in [2.75, 3.05) is 5.32 Å². The van der Waals surface area contributed by atoms with E-state index in [9.17, 15) is 4.79 Å². The van der Waals surface area contributed by atoms with Crippen molar-refractivity contribution in [3.8, 4) is 11.1 Å². The van der Waals surface area contributed by atoms with Crippen molar-refractivity contribution < 1.29 is 4.79 Å². The summed E-state index contributed by atoms with van der Waals surface area (Å²) >= 11 is 0. The van der Waals surface area contributed by atoms with Crippen LogP contribution in [0.15, 0.2) is 84.9 Å². The van der Waals surface area contributed by atoms with Crippen LogP contribution in [0.2, 0.25) is 0 Å². The van der Waals surface area contributed by atoms with Gasteiger partial charge >= 0.3 is 0 Å². The molecule has 114 valence electrons. The Morgan fingerprint density at radius 3 is 2.04 bits per heavy atom. The van der Waals surface area contributed by atoms with Gasteiger partial charge in [0.2, 0.25) is 5.91 Å². The first-order valence-electron chi connectivity index (χ1n) is 7.51. The molecule has 0 saturated heterocycles. The zero-order valence-electron chi connectivity index (χ0n) is 12.6. The fourth-order valence-electron chi connectivity index (χ4n) is 2.48. The minimum absolute atomic E-state index is 0.223. The van der Waals surface area contributed by atoms with Gasteiger partial charge in [0.25, 0.3) is 0 Å². The van der Waals surface area contributed by atoms with Gasteiger partial charge in [0.05, 0.1) is 0 Å². The predicted octanol–water partition coefficient (Wildman–Crippen LogP) is 3.99. The topological polar surface area (TPSA) is 55.1 Å². The van der Waals surface area contributed by atoms with Crippen molar-refractivity contribution in [1.29, 1.82) is 0 Å². The minimum atomic E-state index is -0.694. The van der Waals surface area contributed by atoms with Crippen LogP contribution in [0.25, 0.3) is 11.1 Å². The lowest BCUT2D eigenvalue weighted by Gasteiger charge is -2.15. The summed E-state index contributed by atoms with van der Waals surface area (Å²) in [5, 5.41) is 2.94. The quantitative estimate of drug-likeness (QED) is 0.765. The molecular weight excluding hydrogens is 284 g/mol. The lowest BCUT2D eigenvalue weighted by Crippen LogP contribution is -2.27. The summed E-state index contributed by atoms with van der Waals surface area (Å²) in [6.07, 6.45) is 0. The lowest BCUT2D eigenvalue weighted by atomic mass is 10.0. The van der Waals surface area contributed by atoms with Crippen LogP contribution < -0.4 is 11.1 Å². The van der Waals surface area contributed by atoms with Gasteiger partial charge in [0.15, 0.2) is 0 Å². The summed E-state index contributed by atoms with van der Waals surface area (Å²) in [5.74, 6) is -0.223. The van der Waals surface area contributed by atoms with Gasteiger partial charge in [-0.25, -0.2) is 0 Å². The highest BCUT2D eigenvalue weighted by Crippen LogP contribution is 2.28. The molecule has 0 aliphatic heterocycles. The number of hydrogen-bond donors (Lipinski definition) is 2. The maximum Gasteiger partial charge on any atom is 0.245 e. The maximum atomic E-state index is 12.5. The zero-order valence-corrected chi connectivity index (χ0v) is 12.6. The Morgan fingerprint density at radius 1 is 0.783 bits per heavy atom. The molecule has 1 unspecified atom stereocenters. The van der Waals surface area contributed by atoms with Crippen molar-refractivity contribution in [2.24, 2.45) is 5.73 Å². The van der Waals surface area contributed by atoms with Crippen LogP contribution in [0, 0.1) is 0 Å². The zero-order chi connectivity index (χ0) is 16.1. The van der Waals surface area contributed by atoms with E-state index in [0.29, 0.717) is 0 Å². The molecule has 0 heterocycles. The normalized spacial score (nSPS) is 11.7. The maximum absolute atomic E-state index is 12.5. The molecule has 3 N–H and O–H groups in total. The van der Waals surface area contributed by atoms with Crippen LogP contribution in [0.4, 0.5) is 5.69 Å². The van der Waals surface area contributed by atoms with E-state index in [1.165, 1.54) is 0 Å². The third kappa shape index (κ3) is 3.47. The highest BCUT2D eigenvalue weighted by Gasteiger charge is 2.16. The number of benzene rings is 3. The van der Waals surface area contributed by atoms with Crippen molar-refractivity contribution in [1.82, 2.24) is 0 Å². The molecule has 0 fully saturated rings. The molecule has 3 nitrogen and oxygen atoms in total. The molecule has 0 aliphatic carbocycles. The Labute approximate surface area is 135 Å². The van der Waals surface area contributed by atoms with E-state index in [1.54, 1.807) is 0 Å². The smallest absolute Gasteiger partial charge is 0.245 e. The average molecular weight is 302 g/mol. The molecule has 3 aromatic carbocycles. The van der Waals surface area contributed by atoms with E-state index < -0.39 is 6.04 Å². The molecule has 3 aromatic rings. The number of nitrogens with two attached hydrogens (primary N) is 1. The average Bonchev–Trinajstić information content (AvgIpc) is 2.63. The molecule has 3 heteroatoms. The third-order valence-corrected chi connectivity index (χ3v) is 3.71. The Morgan fingerprint density at radius 2 is 1.35 bits per heavy atom. The third-order valence-electron chi connectivity index (χ3n) is 3.71. The predicted molar refractivity (Wildman–Crippen MR) is 93.9 cm³/mol. The Balaban J connectivity index is 1.85. The fraction of sp³-hybridized carbons (Fsp3) is 0.0500. The monoisotopic (exact) mass is 302 g/mol. The number of rotatable bonds is 4. The summed E-state index contributed by atoms with van der Waals surface area (Å²) in [5.41, 5.74) is 9.64. The van der Waals surface area contributed by atoms with Crippen molar-refractivity contribution in [2.45, 2.75) is 6.04 Å². The van der Waals surface area contributed by atoms with E-state index in [2.05, 4.69) is 5.32 Å². The number of nitrogens with one attached hydrogen (secondary N) is 1. The SMILES string of the molecule is NC(C(=O)Nc1ccccc1-c1ccccc1)c1ccccc1. The van der Waals surface area contributed by atoms with E-state index in [-0.39, 0.29) is 5.91 Å². The number of carbonyl (C=O) groups is 1. The molecule has 0 radical (unpaired) electrons. The number of amides is 1. The van der Waals surface area contributed by atoms with Gasteiger partial charge in [0.1, 0.15) is 6.04 Å². The molecule has 1 atom stereocenters. The van der Waals surface area contributed by atoms with E-state index in [1.807, 2.05) is 84.9 Å². The number of para-hydroxylation sites is 1. The molecule has 0 bridgehead atoms. The summed E-state index contributed by atoms with van der Waals surface area (Å²) in [6.45, 7) is 0. The first kappa shape index (κ1) is 15.0. The Bertz CT molecular complexity index is 785. The van der Waals surface area contributed by atoms with Gasteiger partial charge in [-0.1, -0.05) is 78.9 Å². The second-order valence-electron chi connectivity index (χ2n) is 5.29. The van der Waals surface area contributed by atoms with Crippen LogP contribution in [0.1, 0.15) is 11.6 Å². The molecular formula is C20H18N2O. The van der Waals surface area contributed by atoms with Gasteiger partial charge in [-0.2, -0.15) is 0 Å². The fourth-order valence-corrected chi connectivity index (χ4v) is 2.48. The van der Waals surface area contributed by atoms with E-state index >= 15 is 0 Å². The van der Waals surface area contributed by atoms with Crippen LogP contribution in [0.3, 0.4) is 0 Å². The van der Waals surface area contributed by atoms with Crippen LogP contribution in [-0.2, 0) is 4.79 Å². The molecule has 0 spiro atoms. The number of carbonyl (C=O) groups excluding carboxylic acids is 1. The van der Waals surface area contributed by atoms with Crippen LogP contribution in [0.5, 0.6) is 0 Å². The summed E-state index contributed by atoms with van der Waals surface area (Å²) < 4.78 is 0. The summed E-state index contributed by atoms with van der Waals surface area (Å²) in [7, 11) is 0. The molecule has 3 rings (SSSR count). The van der Waals surface area contributed by atoms with E-state index in [4.69, 9.17) is 5.73 Å². The highest BCUT2D eigenvalue weighted by atomic mass is 16.2. The summed E-state index contributed by atoms with van der Waals surface area (Å²) in [4.78, 5) is 12.5. The van der Waals surface area contributed by atoms with Crippen molar-refractivity contribution in [3.05, 3.63) is 90.5 Å². The first-order valence-corrected chi connectivity index (χ1v) is 7.51. The second kappa shape index (κ2) is 6.90.